The minimum Gasteiger partial charge on any atom is -0.497 e. The molecule has 0 unspecified atom stereocenters. The number of carbonyl (C=O) groups is 1. The zero-order valence-electron chi connectivity index (χ0n) is 11.7. The van der Waals surface area contributed by atoms with Gasteiger partial charge in [-0.1, -0.05) is 0 Å². The highest BCUT2D eigenvalue weighted by atomic mass is 16.5. The third-order valence-corrected chi connectivity index (χ3v) is 2.75. The lowest BCUT2D eigenvalue weighted by molar-refractivity contribution is 0.0955. The molecule has 0 bridgehead atoms. The molecular weight excluding hydrogens is 270 g/mol. The molecule has 1 heterocycles. The second-order valence-corrected chi connectivity index (χ2v) is 4.04. The molecule has 6 heteroatoms. The van der Waals surface area contributed by atoms with Crippen molar-refractivity contribution in [1.29, 1.82) is 0 Å². The zero-order chi connectivity index (χ0) is 15.1. The predicted octanol–water partition coefficient (Wildman–Crippen LogP) is 1.86. The van der Waals surface area contributed by atoms with Crippen LogP contribution in [-0.2, 0) is 0 Å². The first-order valence-electron chi connectivity index (χ1n) is 6.20. The lowest BCUT2D eigenvalue weighted by atomic mass is 10.2. The number of benzene rings is 1. The van der Waals surface area contributed by atoms with Crippen molar-refractivity contribution in [3.05, 3.63) is 53.9 Å². The number of nitrogens with zero attached hydrogens (tertiary/aromatic N) is 2. The average Bonchev–Trinajstić information content (AvgIpc) is 2.55. The number of rotatable bonds is 5. The van der Waals surface area contributed by atoms with Crippen molar-refractivity contribution in [3.63, 3.8) is 0 Å². The maximum absolute atomic E-state index is 11.8. The Balaban J connectivity index is 2.06. The highest BCUT2D eigenvalue weighted by Crippen LogP contribution is 2.22. The Hall–Kier alpha value is -2.89. The first kappa shape index (κ1) is 14.5. The summed E-state index contributed by atoms with van der Waals surface area (Å²) in [6.45, 7) is 0. The van der Waals surface area contributed by atoms with Crippen LogP contribution in [0.1, 0.15) is 15.9 Å². The summed E-state index contributed by atoms with van der Waals surface area (Å²) in [4.78, 5) is 15.6. The van der Waals surface area contributed by atoms with Crippen LogP contribution in [0.3, 0.4) is 0 Å². The van der Waals surface area contributed by atoms with E-state index in [4.69, 9.17) is 9.47 Å². The number of pyridine rings is 1. The molecule has 1 N–H and O–H groups in total. The van der Waals surface area contributed by atoms with Crippen molar-refractivity contribution < 1.29 is 14.3 Å². The van der Waals surface area contributed by atoms with E-state index < -0.39 is 0 Å². The molecule has 108 valence electrons. The Morgan fingerprint density at radius 3 is 2.62 bits per heavy atom. The maximum atomic E-state index is 11.8. The molecule has 0 radical (unpaired) electrons. The van der Waals surface area contributed by atoms with Crippen molar-refractivity contribution in [2.24, 2.45) is 5.10 Å². The Labute approximate surface area is 122 Å². The van der Waals surface area contributed by atoms with Crippen molar-refractivity contribution >= 4 is 12.1 Å². The zero-order valence-corrected chi connectivity index (χ0v) is 11.7. The van der Waals surface area contributed by atoms with Crippen molar-refractivity contribution in [2.45, 2.75) is 0 Å². The number of nitrogens with one attached hydrogen (secondary N) is 1. The van der Waals surface area contributed by atoms with E-state index in [0.29, 0.717) is 17.1 Å². The van der Waals surface area contributed by atoms with Crippen molar-refractivity contribution in [1.82, 2.24) is 10.4 Å². The van der Waals surface area contributed by atoms with Gasteiger partial charge < -0.3 is 9.47 Å². The first-order valence-corrected chi connectivity index (χ1v) is 6.20. The van der Waals surface area contributed by atoms with E-state index in [1.54, 1.807) is 56.9 Å². The number of ether oxygens (including phenoxy) is 2. The van der Waals surface area contributed by atoms with Crippen LogP contribution < -0.4 is 14.9 Å². The molecule has 21 heavy (non-hydrogen) atoms. The summed E-state index contributed by atoms with van der Waals surface area (Å²) in [5, 5.41) is 3.92. The smallest absolute Gasteiger partial charge is 0.271 e. The molecular formula is C15H15N3O3. The molecule has 1 amide bonds. The van der Waals surface area contributed by atoms with Crippen LogP contribution in [0.4, 0.5) is 0 Å². The molecule has 0 aliphatic heterocycles. The van der Waals surface area contributed by atoms with Crippen LogP contribution >= 0.6 is 0 Å². The number of hydrazone groups is 1. The van der Waals surface area contributed by atoms with Crippen LogP contribution in [-0.4, -0.2) is 31.3 Å². The monoisotopic (exact) mass is 285 g/mol. The van der Waals surface area contributed by atoms with Crippen LogP contribution in [0.2, 0.25) is 0 Å². The largest absolute Gasteiger partial charge is 0.497 e. The van der Waals surface area contributed by atoms with Gasteiger partial charge in [0.05, 0.1) is 20.4 Å². The van der Waals surface area contributed by atoms with E-state index in [-0.39, 0.29) is 5.91 Å². The van der Waals surface area contributed by atoms with Crippen LogP contribution in [0.15, 0.2) is 47.8 Å². The summed E-state index contributed by atoms with van der Waals surface area (Å²) in [7, 11) is 3.14. The summed E-state index contributed by atoms with van der Waals surface area (Å²) in [6.07, 6.45) is 4.60. The van der Waals surface area contributed by atoms with E-state index >= 15 is 0 Å². The second kappa shape index (κ2) is 7.04. The fraction of sp³-hybridized carbons (Fsp3) is 0.133. The Bertz CT molecular complexity index is 642. The van der Waals surface area contributed by atoms with Crippen LogP contribution in [0, 0.1) is 0 Å². The van der Waals surface area contributed by atoms with Gasteiger partial charge >= 0.3 is 0 Å². The van der Waals surface area contributed by atoms with Gasteiger partial charge in [0.15, 0.2) is 0 Å². The molecule has 0 saturated carbocycles. The van der Waals surface area contributed by atoms with Crippen molar-refractivity contribution in [2.75, 3.05) is 14.2 Å². The van der Waals surface area contributed by atoms with Gasteiger partial charge in [-0.25, -0.2) is 5.43 Å². The minimum atomic E-state index is -0.305. The number of methoxy groups -OCH3 is 2. The van der Waals surface area contributed by atoms with Gasteiger partial charge in [-0.2, -0.15) is 5.10 Å². The average molecular weight is 285 g/mol. The molecule has 0 saturated heterocycles. The fourth-order valence-corrected chi connectivity index (χ4v) is 1.65. The maximum Gasteiger partial charge on any atom is 0.271 e. The summed E-state index contributed by atoms with van der Waals surface area (Å²) in [6, 6.07) is 8.54. The van der Waals surface area contributed by atoms with Gasteiger partial charge in [0.1, 0.15) is 11.5 Å². The molecule has 0 atom stereocenters. The first-order chi connectivity index (χ1) is 10.2. The summed E-state index contributed by atoms with van der Waals surface area (Å²) in [5.74, 6) is 0.988. The highest BCUT2D eigenvalue weighted by Gasteiger charge is 2.04. The van der Waals surface area contributed by atoms with E-state index in [1.165, 1.54) is 6.21 Å². The Kier molecular flexibility index (Phi) is 4.87. The van der Waals surface area contributed by atoms with Gasteiger partial charge in [0.25, 0.3) is 5.91 Å². The number of aromatic nitrogens is 1. The normalized spacial score (nSPS) is 10.4. The fourth-order valence-electron chi connectivity index (χ4n) is 1.65. The van der Waals surface area contributed by atoms with Crippen LogP contribution in [0.25, 0.3) is 0 Å². The molecule has 0 fully saturated rings. The number of hydrogen-bond acceptors (Lipinski definition) is 5. The molecule has 2 aromatic rings. The van der Waals surface area contributed by atoms with Crippen LogP contribution in [0.5, 0.6) is 11.5 Å². The second-order valence-electron chi connectivity index (χ2n) is 4.04. The van der Waals surface area contributed by atoms with E-state index in [1.807, 2.05) is 0 Å². The van der Waals surface area contributed by atoms with Crippen molar-refractivity contribution in [3.8, 4) is 11.5 Å². The summed E-state index contributed by atoms with van der Waals surface area (Å²) in [5.41, 5.74) is 3.66. The molecule has 6 nitrogen and oxygen atoms in total. The lowest BCUT2D eigenvalue weighted by Crippen LogP contribution is -2.17. The molecule has 1 aromatic carbocycles. The van der Waals surface area contributed by atoms with Gasteiger partial charge in [-0.3, -0.25) is 9.78 Å². The Morgan fingerprint density at radius 2 is 1.95 bits per heavy atom. The third-order valence-electron chi connectivity index (χ3n) is 2.75. The molecule has 0 spiro atoms. The van der Waals surface area contributed by atoms with E-state index in [9.17, 15) is 4.79 Å². The van der Waals surface area contributed by atoms with Gasteiger partial charge in [0.2, 0.25) is 0 Å². The van der Waals surface area contributed by atoms with E-state index in [0.717, 1.165) is 5.56 Å². The summed E-state index contributed by atoms with van der Waals surface area (Å²) < 4.78 is 10.3. The third kappa shape index (κ3) is 3.79. The van der Waals surface area contributed by atoms with E-state index in [2.05, 4.69) is 15.5 Å². The van der Waals surface area contributed by atoms with Gasteiger partial charge in [-0.15, -0.1) is 0 Å². The number of hydrogen-bond donors (Lipinski definition) is 1. The lowest BCUT2D eigenvalue weighted by Gasteiger charge is -2.06. The number of carbonyl (C=O) groups excluding carboxylic acids is 1. The molecule has 2 rings (SSSR count). The molecule has 1 aromatic heterocycles. The predicted molar refractivity (Wildman–Crippen MR) is 78.8 cm³/mol. The quantitative estimate of drug-likeness (QED) is 0.672. The minimum absolute atomic E-state index is 0.305. The standard InChI is InChI=1S/C15H15N3O3/c1-20-13-4-3-12(14(9-13)21-2)10-17-18-15(19)11-5-7-16-8-6-11/h3-10H,1-2H3,(H,18,19). The topological polar surface area (TPSA) is 72.8 Å². The van der Waals surface area contributed by atoms with Gasteiger partial charge in [0, 0.05) is 29.6 Å². The highest BCUT2D eigenvalue weighted by molar-refractivity contribution is 5.94. The van der Waals surface area contributed by atoms with Gasteiger partial charge in [-0.05, 0) is 24.3 Å². The summed E-state index contributed by atoms with van der Waals surface area (Å²) >= 11 is 0. The Morgan fingerprint density at radius 1 is 1.19 bits per heavy atom. The number of amides is 1. The molecule has 0 aliphatic carbocycles. The molecule has 0 aliphatic rings. The SMILES string of the molecule is COc1ccc(C=NNC(=O)c2ccncc2)c(OC)c1.